The molecule has 0 atom stereocenters. The Kier molecular flexibility index (Phi) is 4.28. The molecule has 6 heteroatoms. The van der Waals surface area contributed by atoms with Crippen molar-refractivity contribution in [1.82, 2.24) is 0 Å². The average Bonchev–Trinajstić information content (AvgIpc) is 2.43. The van der Waals surface area contributed by atoms with E-state index in [1.54, 1.807) is 25.1 Å². The zero-order valence-corrected chi connectivity index (χ0v) is 12.6. The lowest BCUT2D eigenvalue weighted by Crippen LogP contribution is -2.15. The zero-order valence-electron chi connectivity index (χ0n) is 11.1. The fourth-order valence-electron chi connectivity index (χ4n) is 1.85. The van der Waals surface area contributed by atoms with Crippen LogP contribution in [-0.2, 0) is 0 Å². The van der Waals surface area contributed by atoms with Crippen molar-refractivity contribution in [2.75, 3.05) is 5.32 Å². The van der Waals surface area contributed by atoms with Gasteiger partial charge in [-0.2, -0.15) is 0 Å². The molecular weight excluding hydrogens is 338 g/mol. The number of para-hydroxylation sites is 1. The lowest BCUT2D eigenvalue weighted by Gasteiger charge is -2.11. The van der Waals surface area contributed by atoms with Crippen LogP contribution in [0.1, 0.15) is 26.3 Å². The normalized spacial score (nSPS) is 10.2. The number of aryl methyl sites for hydroxylation is 1. The average molecular weight is 350 g/mol. The molecule has 0 radical (unpaired) electrons. The fraction of sp³-hybridized carbons (Fsp3) is 0.0667. The number of rotatable bonds is 3. The van der Waals surface area contributed by atoms with Crippen molar-refractivity contribution in [2.24, 2.45) is 0 Å². The van der Waals surface area contributed by atoms with E-state index in [9.17, 15) is 14.7 Å². The summed E-state index contributed by atoms with van der Waals surface area (Å²) in [5, 5.41) is 21.3. The number of carbonyl (C=O) groups is 2. The maximum absolute atomic E-state index is 12.2. The highest BCUT2D eigenvalue weighted by Crippen LogP contribution is 2.26. The number of phenolic OH excluding ortho intramolecular Hbond substituents is 1. The smallest absolute Gasteiger partial charge is 0.337 e. The van der Waals surface area contributed by atoms with E-state index < -0.39 is 11.9 Å². The van der Waals surface area contributed by atoms with Gasteiger partial charge in [-0.15, -0.1) is 0 Å². The molecule has 0 aliphatic heterocycles. The van der Waals surface area contributed by atoms with Gasteiger partial charge in [0.2, 0.25) is 0 Å². The number of nitrogens with one attached hydrogen (secondary N) is 1. The predicted molar refractivity (Wildman–Crippen MR) is 81.9 cm³/mol. The van der Waals surface area contributed by atoms with E-state index in [4.69, 9.17) is 5.11 Å². The minimum atomic E-state index is -1.12. The van der Waals surface area contributed by atoms with Gasteiger partial charge >= 0.3 is 5.97 Å². The molecule has 2 aromatic rings. The number of carboxylic acids is 1. The van der Waals surface area contributed by atoms with Crippen LogP contribution in [0.3, 0.4) is 0 Å². The van der Waals surface area contributed by atoms with Crippen LogP contribution in [0.5, 0.6) is 5.75 Å². The second-order valence-electron chi connectivity index (χ2n) is 4.42. The molecule has 3 N–H and O–H groups in total. The minimum absolute atomic E-state index is 0.0182. The largest absolute Gasteiger partial charge is 0.507 e. The van der Waals surface area contributed by atoms with Crippen molar-refractivity contribution in [3.05, 3.63) is 57.6 Å². The number of hydrogen-bond acceptors (Lipinski definition) is 3. The maximum atomic E-state index is 12.2. The molecule has 21 heavy (non-hydrogen) atoms. The molecule has 0 unspecified atom stereocenters. The molecule has 2 aromatic carbocycles. The van der Waals surface area contributed by atoms with E-state index in [0.717, 1.165) is 0 Å². The number of amides is 1. The number of phenols is 1. The van der Waals surface area contributed by atoms with Gasteiger partial charge in [-0.1, -0.05) is 12.1 Å². The first kappa shape index (κ1) is 15.1. The summed E-state index contributed by atoms with van der Waals surface area (Å²) >= 11 is 3.13. The van der Waals surface area contributed by atoms with Crippen LogP contribution in [0.15, 0.2) is 40.9 Å². The Morgan fingerprint density at radius 3 is 2.52 bits per heavy atom. The van der Waals surface area contributed by atoms with E-state index in [-0.39, 0.29) is 22.6 Å². The second-order valence-corrected chi connectivity index (χ2v) is 5.28. The predicted octanol–water partition coefficient (Wildman–Crippen LogP) is 3.41. The molecule has 108 valence electrons. The highest BCUT2D eigenvalue weighted by atomic mass is 79.9. The fourth-order valence-corrected chi connectivity index (χ4v) is 2.10. The molecule has 0 saturated carbocycles. The summed E-state index contributed by atoms with van der Waals surface area (Å²) in [6, 6.07) is 9.11. The standard InChI is InChI=1S/C15H12BrNO4/c1-8-3-2-4-10(15(20)21)13(8)17-14(19)9-5-6-11(16)12(18)7-9/h2-7,18H,1H3,(H,17,19)(H,20,21). The van der Waals surface area contributed by atoms with Crippen LogP contribution < -0.4 is 5.32 Å². The van der Waals surface area contributed by atoms with E-state index in [1.807, 2.05) is 0 Å². The van der Waals surface area contributed by atoms with E-state index in [0.29, 0.717) is 10.0 Å². The molecule has 0 heterocycles. The molecule has 0 bridgehead atoms. The number of carboxylic acid groups (broad SMARTS) is 1. The van der Waals surface area contributed by atoms with Gasteiger partial charge in [0.1, 0.15) is 5.75 Å². The Morgan fingerprint density at radius 1 is 1.19 bits per heavy atom. The Hall–Kier alpha value is -2.34. The third kappa shape index (κ3) is 3.22. The number of carbonyl (C=O) groups excluding carboxylic acids is 1. The third-order valence-corrected chi connectivity index (χ3v) is 3.62. The number of anilines is 1. The SMILES string of the molecule is Cc1cccc(C(=O)O)c1NC(=O)c1ccc(Br)c(O)c1. The first-order valence-electron chi connectivity index (χ1n) is 6.03. The number of benzene rings is 2. The molecule has 5 nitrogen and oxygen atoms in total. The summed E-state index contributed by atoms with van der Waals surface area (Å²) < 4.78 is 0.473. The number of aromatic carboxylic acids is 1. The van der Waals surface area contributed by atoms with Gasteiger partial charge in [0, 0.05) is 5.56 Å². The summed E-state index contributed by atoms with van der Waals surface area (Å²) in [7, 11) is 0. The molecule has 2 rings (SSSR count). The molecular formula is C15H12BrNO4. The van der Waals surface area contributed by atoms with E-state index >= 15 is 0 Å². The molecule has 1 amide bonds. The van der Waals surface area contributed by atoms with Gasteiger partial charge in [0.25, 0.3) is 5.91 Å². The highest BCUT2D eigenvalue weighted by molar-refractivity contribution is 9.10. The van der Waals surface area contributed by atoms with Crippen molar-refractivity contribution in [3.63, 3.8) is 0 Å². The number of hydrogen-bond donors (Lipinski definition) is 3. The minimum Gasteiger partial charge on any atom is -0.507 e. The Bertz CT molecular complexity index is 728. The summed E-state index contributed by atoms with van der Waals surface area (Å²) in [4.78, 5) is 23.4. The lowest BCUT2D eigenvalue weighted by molar-refractivity contribution is 0.0698. The summed E-state index contributed by atoms with van der Waals surface area (Å²) in [6.07, 6.45) is 0. The van der Waals surface area contributed by atoms with Crippen molar-refractivity contribution >= 4 is 33.5 Å². The topological polar surface area (TPSA) is 86.6 Å². The second kappa shape index (κ2) is 5.97. The first-order chi connectivity index (χ1) is 9.90. The molecule has 0 aliphatic carbocycles. The summed E-state index contributed by atoms with van der Waals surface area (Å²) in [5.41, 5.74) is 1.14. The molecule has 0 fully saturated rings. The van der Waals surface area contributed by atoms with Crippen molar-refractivity contribution < 1.29 is 19.8 Å². The van der Waals surface area contributed by atoms with E-state index in [2.05, 4.69) is 21.2 Å². The Balaban J connectivity index is 2.36. The molecule has 0 spiro atoms. The van der Waals surface area contributed by atoms with Crippen LogP contribution in [0.25, 0.3) is 0 Å². The van der Waals surface area contributed by atoms with Crippen molar-refractivity contribution in [2.45, 2.75) is 6.92 Å². The van der Waals surface area contributed by atoms with E-state index in [1.165, 1.54) is 18.2 Å². The Morgan fingerprint density at radius 2 is 1.90 bits per heavy atom. The van der Waals surface area contributed by atoms with Crippen LogP contribution in [-0.4, -0.2) is 22.1 Å². The van der Waals surface area contributed by atoms with Gasteiger partial charge in [-0.3, -0.25) is 4.79 Å². The third-order valence-electron chi connectivity index (χ3n) is 2.95. The number of aromatic hydroxyl groups is 1. The van der Waals surface area contributed by atoms with Crippen LogP contribution in [0.4, 0.5) is 5.69 Å². The van der Waals surface area contributed by atoms with Gasteiger partial charge in [0.15, 0.2) is 0 Å². The van der Waals surface area contributed by atoms with Gasteiger partial charge < -0.3 is 15.5 Å². The summed E-state index contributed by atoms with van der Waals surface area (Å²) in [6.45, 7) is 1.71. The molecule has 0 saturated heterocycles. The van der Waals surface area contributed by atoms with Gasteiger partial charge in [-0.25, -0.2) is 4.79 Å². The monoisotopic (exact) mass is 349 g/mol. The molecule has 0 aromatic heterocycles. The Labute approximate surface area is 129 Å². The molecule has 0 aliphatic rings. The van der Waals surface area contributed by atoms with Crippen LogP contribution in [0, 0.1) is 6.92 Å². The lowest BCUT2D eigenvalue weighted by atomic mass is 10.1. The highest BCUT2D eigenvalue weighted by Gasteiger charge is 2.16. The summed E-state index contributed by atoms with van der Waals surface area (Å²) in [5.74, 6) is -1.67. The van der Waals surface area contributed by atoms with Gasteiger partial charge in [-0.05, 0) is 52.7 Å². The van der Waals surface area contributed by atoms with Gasteiger partial charge in [0.05, 0.1) is 15.7 Å². The quantitative estimate of drug-likeness (QED) is 0.792. The van der Waals surface area contributed by atoms with Crippen LogP contribution >= 0.6 is 15.9 Å². The number of halogens is 1. The zero-order chi connectivity index (χ0) is 15.6. The first-order valence-corrected chi connectivity index (χ1v) is 6.82. The van der Waals surface area contributed by atoms with Crippen LogP contribution in [0.2, 0.25) is 0 Å². The maximum Gasteiger partial charge on any atom is 0.337 e. The van der Waals surface area contributed by atoms with Crippen molar-refractivity contribution in [3.8, 4) is 5.75 Å². The van der Waals surface area contributed by atoms with Crippen molar-refractivity contribution in [1.29, 1.82) is 0 Å².